The third-order valence-electron chi connectivity index (χ3n) is 8.88. The first-order valence-electron chi connectivity index (χ1n) is 16.0. The maximum atomic E-state index is 14.1. The molecule has 0 aliphatic carbocycles. The van der Waals surface area contributed by atoms with Crippen molar-refractivity contribution >= 4 is 31.2 Å². The van der Waals surface area contributed by atoms with Crippen LogP contribution in [-0.4, -0.2) is 107 Å². The van der Waals surface area contributed by atoms with Gasteiger partial charge in [0.25, 0.3) is 5.91 Å². The maximum Gasteiger partial charge on any atom is 0.435 e. The molecule has 18 heteroatoms. The molecule has 1 aromatic carbocycles. The fourth-order valence-electron chi connectivity index (χ4n) is 6.23. The lowest BCUT2D eigenvalue weighted by Gasteiger charge is -2.26. The summed E-state index contributed by atoms with van der Waals surface area (Å²) in [6.07, 6.45) is -7.65. The summed E-state index contributed by atoms with van der Waals surface area (Å²) in [6.45, 7) is 11.2. The van der Waals surface area contributed by atoms with Crippen molar-refractivity contribution in [3.05, 3.63) is 58.6 Å². The number of aliphatic imine (C=N–C) groups is 2. The van der Waals surface area contributed by atoms with Crippen molar-refractivity contribution in [3.63, 3.8) is 0 Å². The van der Waals surface area contributed by atoms with Crippen molar-refractivity contribution < 1.29 is 45.4 Å². The fraction of sp³-hybridized carbons (Fsp3) is 0.515. The first kappa shape index (κ1) is 39.1. The van der Waals surface area contributed by atoms with Crippen molar-refractivity contribution in [2.24, 2.45) is 15.1 Å². The number of benzene rings is 1. The Morgan fingerprint density at radius 2 is 1.71 bits per heavy atom. The summed E-state index contributed by atoms with van der Waals surface area (Å²) in [5.74, 6) is -0.616. The highest BCUT2D eigenvalue weighted by Crippen LogP contribution is 2.35. The van der Waals surface area contributed by atoms with Crippen molar-refractivity contribution in [1.82, 2.24) is 24.6 Å². The summed E-state index contributed by atoms with van der Waals surface area (Å²) < 4.78 is 93.0. The number of carbonyl (C=O) groups excluding carboxylic acids is 2. The van der Waals surface area contributed by atoms with Crippen LogP contribution in [0.3, 0.4) is 0 Å². The quantitative estimate of drug-likeness (QED) is 0.0919. The topological polar surface area (TPSA) is 117 Å². The molecule has 2 amide bonds. The molecular weight excluding hydrogens is 686 g/mol. The molecule has 4 rings (SSSR count). The van der Waals surface area contributed by atoms with Crippen molar-refractivity contribution in [3.8, 4) is 5.75 Å². The predicted molar refractivity (Wildman–Crippen MR) is 177 cm³/mol. The highest BCUT2D eigenvalue weighted by atomic mass is 19.4. The van der Waals surface area contributed by atoms with E-state index in [1.54, 1.807) is 41.0 Å². The molecule has 3 atom stereocenters. The van der Waals surface area contributed by atoms with E-state index in [4.69, 9.17) is 9.47 Å². The number of hydrazone groups is 1. The minimum Gasteiger partial charge on any atom is -0.497 e. The van der Waals surface area contributed by atoms with Crippen LogP contribution in [-0.2, 0) is 22.3 Å². The van der Waals surface area contributed by atoms with Crippen LogP contribution in [0, 0.1) is 6.92 Å². The molecule has 0 radical (unpaired) electrons. The van der Waals surface area contributed by atoms with Gasteiger partial charge in [-0.3, -0.25) is 14.3 Å². The lowest BCUT2D eigenvalue weighted by Crippen LogP contribution is -2.41. The van der Waals surface area contributed by atoms with E-state index < -0.39 is 41.1 Å². The fourth-order valence-corrected chi connectivity index (χ4v) is 6.23. The van der Waals surface area contributed by atoms with Crippen LogP contribution in [0.25, 0.3) is 0 Å². The predicted octanol–water partition coefficient (Wildman–Crippen LogP) is 5.64. The summed E-state index contributed by atoms with van der Waals surface area (Å²) in [4.78, 5) is 37.7. The SMILES string of the molecule is C=NC(=N/C=C(\C)C(F)(F)F)N1CC[C@@H]2[C@H]1CCN2C(=O)CCOCC(C)n1nc(C(F)(F)F)c(C(=O)N(Cc2ccc(OC)cc2)N=C)c1C. The van der Waals surface area contributed by atoms with Crippen molar-refractivity contribution in [1.29, 1.82) is 0 Å². The van der Waals surface area contributed by atoms with Crippen LogP contribution >= 0.6 is 0 Å². The summed E-state index contributed by atoms with van der Waals surface area (Å²) in [7, 11) is 1.49. The number of methoxy groups -OCH3 is 1. The van der Waals surface area contributed by atoms with Crippen LogP contribution in [0.4, 0.5) is 26.3 Å². The molecule has 3 heterocycles. The summed E-state index contributed by atoms with van der Waals surface area (Å²) in [5.41, 5.74) is -2.37. The number of alkyl halides is 6. The molecule has 51 heavy (non-hydrogen) atoms. The van der Waals surface area contributed by atoms with Gasteiger partial charge in [-0.15, -0.1) is 0 Å². The molecule has 2 fully saturated rings. The molecule has 2 saturated heterocycles. The number of aromatic nitrogens is 2. The number of ether oxygens (including phenoxy) is 2. The van der Waals surface area contributed by atoms with Gasteiger partial charge in [-0.05, 0) is 58.0 Å². The normalized spacial score (nSPS) is 18.9. The Balaban J connectivity index is 1.36. The van der Waals surface area contributed by atoms with Gasteiger partial charge in [-0.1, -0.05) is 12.1 Å². The number of carbonyl (C=O) groups is 2. The number of hydrogen-bond donors (Lipinski definition) is 0. The Hall–Kier alpha value is -4.74. The second-order valence-corrected chi connectivity index (χ2v) is 12.2. The summed E-state index contributed by atoms with van der Waals surface area (Å²) in [5, 5.41) is 8.25. The van der Waals surface area contributed by atoms with Gasteiger partial charge in [0.15, 0.2) is 5.69 Å². The molecule has 0 N–H and O–H groups in total. The van der Waals surface area contributed by atoms with E-state index in [2.05, 4.69) is 33.6 Å². The van der Waals surface area contributed by atoms with Crippen LogP contribution in [0.2, 0.25) is 0 Å². The zero-order valence-electron chi connectivity index (χ0n) is 28.7. The zero-order valence-corrected chi connectivity index (χ0v) is 28.7. The van der Waals surface area contributed by atoms with Crippen molar-refractivity contribution in [2.45, 2.75) is 77.1 Å². The van der Waals surface area contributed by atoms with E-state index in [0.29, 0.717) is 43.4 Å². The lowest BCUT2D eigenvalue weighted by molar-refractivity contribution is -0.142. The number of guanidine groups is 1. The largest absolute Gasteiger partial charge is 0.497 e. The molecule has 0 spiro atoms. The number of amides is 2. The third kappa shape index (κ3) is 8.95. The Labute approximate surface area is 291 Å². The first-order chi connectivity index (χ1) is 24.0. The van der Waals surface area contributed by atoms with Crippen LogP contribution in [0.15, 0.2) is 51.1 Å². The van der Waals surface area contributed by atoms with E-state index in [-0.39, 0.29) is 55.8 Å². The van der Waals surface area contributed by atoms with E-state index in [1.165, 1.54) is 14.0 Å². The Bertz CT molecular complexity index is 1650. The van der Waals surface area contributed by atoms with Gasteiger partial charge in [0, 0.05) is 37.3 Å². The van der Waals surface area contributed by atoms with E-state index in [9.17, 15) is 35.9 Å². The molecule has 1 unspecified atom stereocenters. The third-order valence-corrected chi connectivity index (χ3v) is 8.88. The Morgan fingerprint density at radius 1 is 1.08 bits per heavy atom. The zero-order chi connectivity index (χ0) is 37.7. The monoisotopic (exact) mass is 726 g/mol. The molecule has 0 saturated carbocycles. The molecule has 12 nitrogen and oxygen atoms in total. The number of fused-ring (bicyclic) bond motifs is 1. The number of halogens is 6. The van der Waals surface area contributed by atoms with Crippen LogP contribution in [0.1, 0.15) is 66.5 Å². The minimum atomic E-state index is -4.95. The van der Waals surface area contributed by atoms with Gasteiger partial charge in [0.1, 0.15) is 5.75 Å². The average molecular weight is 727 g/mol. The Kier molecular flexibility index (Phi) is 12.3. The summed E-state index contributed by atoms with van der Waals surface area (Å²) >= 11 is 0. The number of rotatable bonds is 12. The maximum absolute atomic E-state index is 14.1. The second kappa shape index (κ2) is 16.1. The molecular formula is C33H40F6N8O4. The van der Waals surface area contributed by atoms with Gasteiger partial charge in [-0.25, -0.2) is 15.0 Å². The average Bonchev–Trinajstić information content (AvgIpc) is 3.79. The number of likely N-dealkylation sites (tertiary alicyclic amines) is 2. The van der Waals surface area contributed by atoms with Crippen LogP contribution in [0.5, 0.6) is 5.75 Å². The molecule has 278 valence electrons. The lowest BCUT2D eigenvalue weighted by atomic mass is 10.1. The van der Waals surface area contributed by atoms with Crippen LogP contribution < -0.4 is 4.74 Å². The van der Waals surface area contributed by atoms with Gasteiger partial charge >= 0.3 is 12.4 Å². The number of nitrogens with zero attached hydrogens (tertiary/aromatic N) is 8. The van der Waals surface area contributed by atoms with Gasteiger partial charge in [0.05, 0.1) is 57.0 Å². The summed E-state index contributed by atoms with van der Waals surface area (Å²) in [6, 6.07) is 5.45. The Morgan fingerprint density at radius 3 is 2.27 bits per heavy atom. The standard InChI is InChI=1S/C33H40F6N8O4/c1-20(32(34,35)36)17-42-31(40-4)45-15-12-25-26(45)11-14-44(25)27(48)13-16-51-19-21(2)47-22(3)28(29(43-47)33(37,38)39)30(49)46(41-5)18-23-7-9-24(50-6)10-8-23/h7-10,17,21,25-26H,4-5,11-16,18-19H2,1-3,6H3/b20-17+,42-31?/t21?,25-,26-/m1/s1. The smallest absolute Gasteiger partial charge is 0.435 e. The number of hydrogen-bond acceptors (Lipinski definition) is 7. The van der Waals surface area contributed by atoms with E-state index in [1.807, 2.05) is 0 Å². The highest BCUT2D eigenvalue weighted by molar-refractivity contribution is 5.96. The first-order valence-corrected chi connectivity index (χ1v) is 16.0. The minimum absolute atomic E-state index is 0.00887. The van der Waals surface area contributed by atoms with Crippen molar-refractivity contribution in [2.75, 3.05) is 33.4 Å². The highest BCUT2D eigenvalue weighted by Gasteiger charge is 2.45. The van der Waals surface area contributed by atoms with Gasteiger partial charge in [-0.2, -0.15) is 36.5 Å². The number of allylic oxidation sites excluding steroid dienone is 1. The second-order valence-electron chi connectivity index (χ2n) is 12.2. The van der Waals surface area contributed by atoms with E-state index >= 15 is 0 Å². The molecule has 0 bridgehead atoms. The molecule has 2 aliphatic heterocycles. The molecule has 2 aromatic rings. The van der Waals surface area contributed by atoms with Gasteiger partial charge < -0.3 is 19.3 Å². The van der Waals surface area contributed by atoms with Gasteiger partial charge in [0.2, 0.25) is 11.9 Å². The molecule has 2 aliphatic rings. The molecule has 1 aromatic heterocycles. The van der Waals surface area contributed by atoms with E-state index in [0.717, 1.165) is 16.6 Å².